The predicted molar refractivity (Wildman–Crippen MR) is 79.5 cm³/mol. The largest absolute Gasteiger partial charge is 0.494 e. The minimum absolute atomic E-state index is 0.227. The van der Waals surface area contributed by atoms with Gasteiger partial charge < -0.3 is 14.2 Å². The molecule has 21 heavy (non-hydrogen) atoms. The van der Waals surface area contributed by atoms with Gasteiger partial charge >= 0.3 is 0 Å². The van der Waals surface area contributed by atoms with Gasteiger partial charge in [-0.1, -0.05) is 25.1 Å². The minimum Gasteiger partial charge on any atom is -0.494 e. The van der Waals surface area contributed by atoms with Gasteiger partial charge in [0.25, 0.3) is 0 Å². The van der Waals surface area contributed by atoms with E-state index in [1.165, 1.54) is 13.2 Å². The summed E-state index contributed by atoms with van der Waals surface area (Å²) in [6.07, 6.45) is 0.929. The molecule has 0 aliphatic heterocycles. The second-order valence-corrected chi connectivity index (χ2v) is 4.55. The number of methoxy groups -OCH3 is 1. The van der Waals surface area contributed by atoms with Crippen LogP contribution in [0.15, 0.2) is 42.5 Å². The number of para-hydroxylation sites is 2. The van der Waals surface area contributed by atoms with Crippen molar-refractivity contribution in [2.75, 3.05) is 13.7 Å². The predicted octanol–water partition coefficient (Wildman–Crippen LogP) is 4.20. The highest BCUT2D eigenvalue weighted by atomic mass is 19.1. The molecule has 0 heterocycles. The SMILES string of the molecule is CCCOc1ccccc1OCc1ccc(OC)c(F)c1. The van der Waals surface area contributed by atoms with Crippen LogP contribution in [-0.4, -0.2) is 13.7 Å². The molecule has 0 saturated carbocycles. The number of ether oxygens (including phenoxy) is 3. The molecule has 0 bridgehead atoms. The van der Waals surface area contributed by atoms with Gasteiger partial charge in [-0.15, -0.1) is 0 Å². The number of hydrogen-bond acceptors (Lipinski definition) is 3. The molecular weight excluding hydrogens is 271 g/mol. The summed E-state index contributed by atoms with van der Waals surface area (Å²) in [5, 5.41) is 0. The van der Waals surface area contributed by atoms with E-state index in [2.05, 4.69) is 0 Å². The molecule has 0 aliphatic rings. The van der Waals surface area contributed by atoms with Gasteiger partial charge in [-0.3, -0.25) is 0 Å². The molecule has 0 amide bonds. The number of benzene rings is 2. The highest BCUT2D eigenvalue weighted by Crippen LogP contribution is 2.28. The van der Waals surface area contributed by atoms with Crippen molar-refractivity contribution in [1.82, 2.24) is 0 Å². The van der Waals surface area contributed by atoms with Crippen molar-refractivity contribution in [3.63, 3.8) is 0 Å². The summed E-state index contributed by atoms with van der Waals surface area (Å²) in [7, 11) is 1.44. The third-order valence-electron chi connectivity index (χ3n) is 2.92. The summed E-state index contributed by atoms with van der Waals surface area (Å²) in [6, 6.07) is 12.2. The Bertz CT molecular complexity index is 584. The number of halogens is 1. The highest BCUT2D eigenvalue weighted by Gasteiger charge is 2.07. The lowest BCUT2D eigenvalue weighted by molar-refractivity contribution is 0.261. The average Bonchev–Trinajstić information content (AvgIpc) is 2.52. The molecule has 0 unspecified atom stereocenters. The van der Waals surface area contributed by atoms with E-state index in [0.717, 1.165) is 12.0 Å². The molecule has 2 aromatic rings. The van der Waals surface area contributed by atoms with Crippen molar-refractivity contribution in [1.29, 1.82) is 0 Å². The molecule has 0 spiro atoms. The molecule has 4 heteroatoms. The maximum Gasteiger partial charge on any atom is 0.165 e. The van der Waals surface area contributed by atoms with Gasteiger partial charge in [0.15, 0.2) is 23.1 Å². The second-order valence-electron chi connectivity index (χ2n) is 4.55. The van der Waals surface area contributed by atoms with Crippen LogP contribution in [0.2, 0.25) is 0 Å². The Morgan fingerprint density at radius 3 is 2.29 bits per heavy atom. The molecule has 2 aromatic carbocycles. The Hall–Kier alpha value is -2.23. The Morgan fingerprint density at radius 2 is 1.67 bits per heavy atom. The molecule has 112 valence electrons. The van der Waals surface area contributed by atoms with E-state index in [0.29, 0.717) is 18.1 Å². The summed E-state index contributed by atoms with van der Waals surface area (Å²) in [4.78, 5) is 0. The van der Waals surface area contributed by atoms with Gasteiger partial charge in [0.2, 0.25) is 0 Å². The molecule has 0 aliphatic carbocycles. The van der Waals surface area contributed by atoms with E-state index in [4.69, 9.17) is 14.2 Å². The van der Waals surface area contributed by atoms with Gasteiger partial charge in [-0.05, 0) is 36.2 Å². The van der Waals surface area contributed by atoms with E-state index in [-0.39, 0.29) is 12.4 Å². The monoisotopic (exact) mass is 290 g/mol. The van der Waals surface area contributed by atoms with Gasteiger partial charge in [-0.2, -0.15) is 0 Å². The van der Waals surface area contributed by atoms with Crippen molar-refractivity contribution in [2.24, 2.45) is 0 Å². The van der Waals surface area contributed by atoms with Crippen molar-refractivity contribution in [3.8, 4) is 17.2 Å². The minimum atomic E-state index is -0.394. The first-order chi connectivity index (χ1) is 10.2. The molecule has 0 N–H and O–H groups in total. The lowest BCUT2D eigenvalue weighted by Crippen LogP contribution is -2.01. The Kier molecular flexibility index (Phi) is 5.43. The summed E-state index contributed by atoms with van der Waals surface area (Å²) >= 11 is 0. The molecule has 2 rings (SSSR count). The van der Waals surface area contributed by atoms with E-state index in [1.807, 2.05) is 31.2 Å². The number of hydrogen-bond donors (Lipinski definition) is 0. The van der Waals surface area contributed by atoms with Crippen molar-refractivity contribution >= 4 is 0 Å². The van der Waals surface area contributed by atoms with Crippen LogP contribution < -0.4 is 14.2 Å². The zero-order chi connectivity index (χ0) is 15.1. The molecule has 0 radical (unpaired) electrons. The van der Waals surface area contributed by atoms with Crippen LogP contribution in [0.3, 0.4) is 0 Å². The van der Waals surface area contributed by atoms with Crippen LogP contribution in [0.5, 0.6) is 17.2 Å². The molecule has 3 nitrogen and oxygen atoms in total. The first kappa shape index (κ1) is 15.2. The average molecular weight is 290 g/mol. The molecular formula is C17H19FO3. The second kappa shape index (κ2) is 7.53. The van der Waals surface area contributed by atoms with Crippen molar-refractivity contribution in [3.05, 3.63) is 53.8 Å². The first-order valence-electron chi connectivity index (χ1n) is 6.91. The summed E-state index contributed by atoms with van der Waals surface area (Å²) in [5.74, 6) is 1.19. The Balaban J connectivity index is 2.04. The standard InChI is InChI=1S/C17H19FO3/c1-3-10-20-16-6-4-5-7-17(16)21-12-13-8-9-15(19-2)14(18)11-13/h4-9,11H,3,10,12H2,1-2H3. The van der Waals surface area contributed by atoms with E-state index in [9.17, 15) is 4.39 Å². The normalized spacial score (nSPS) is 10.2. The van der Waals surface area contributed by atoms with Gasteiger partial charge in [-0.25, -0.2) is 4.39 Å². The fraction of sp³-hybridized carbons (Fsp3) is 0.294. The lowest BCUT2D eigenvalue weighted by atomic mass is 10.2. The molecule has 0 aromatic heterocycles. The third-order valence-corrected chi connectivity index (χ3v) is 2.92. The Morgan fingerprint density at radius 1 is 0.952 bits per heavy atom. The maximum absolute atomic E-state index is 13.6. The van der Waals surface area contributed by atoms with Crippen LogP contribution in [-0.2, 0) is 6.61 Å². The van der Waals surface area contributed by atoms with Gasteiger partial charge in [0, 0.05) is 0 Å². The quantitative estimate of drug-likeness (QED) is 0.765. The van der Waals surface area contributed by atoms with Crippen LogP contribution in [0.1, 0.15) is 18.9 Å². The summed E-state index contributed by atoms with van der Waals surface area (Å²) in [6.45, 7) is 2.95. The smallest absolute Gasteiger partial charge is 0.165 e. The Labute approximate surface area is 124 Å². The van der Waals surface area contributed by atoms with Gasteiger partial charge in [0.05, 0.1) is 13.7 Å². The maximum atomic E-state index is 13.6. The molecule has 0 atom stereocenters. The summed E-state index contributed by atoms with van der Waals surface area (Å²) < 4.78 is 29.8. The third kappa shape index (κ3) is 4.12. The van der Waals surface area contributed by atoms with E-state index in [1.54, 1.807) is 12.1 Å². The van der Waals surface area contributed by atoms with Crippen LogP contribution in [0, 0.1) is 5.82 Å². The van der Waals surface area contributed by atoms with Crippen LogP contribution >= 0.6 is 0 Å². The highest BCUT2D eigenvalue weighted by molar-refractivity contribution is 5.39. The fourth-order valence-electron chi connectivity index (χ4n) is 1.86. The van der Waals surface area contributed by atoms with Crippen molar-refractivity contribution < 1.29 is 18.6 Å². The lowest BCUT2D eigenvalue weighted by Gasteiger charge is -2.12. The molecule has 0 fully saturated rings. The van der Waals surface area contributed by atoms with Crippen LogP contribution in [0.25, 0.3) is 0 Å². The molecule has 0 saturated heterocycles. The first-order valence-corrected chi connectivity index (χ1v) is 6.91. The topological polar surface area (TPSA) is 27.7 Å². The zero-order valence-corrected chi connectivity index (χ0v) is 12.3. The van der Waals surface area contributed by atoms with Crippen molar-refractivity contribution in [2.45, 2.75) is 20.0 Å². The zero-order valence-electron chi connectivity index (χ0n) is 12.3. The number of rotatable bonds is 7. The van der Waals surface area contributed by atoms with E-state index >= 15 is 0 Å². The van der Waals surface area contributed by atoms with E-state index < -0.39 is 5.82 Å². The van der Waals surface area contributed by atoms with Gasteiger partial charge in [0.1, 0.15) is 6.61 Å². The fourth-order valence-corrected chi connectivity index (χ4v) is 1.86. The summed E-state index contributed by atoms with van der Waals surface area (Å²) in [5.41, 5.74) is 0.735. The van der Waals surface area contributed by atoms with Crippen LogP contribution in [0.4, 0.5) is 4.39 Å².